The van der Waals surface area contributed by atoms with Crippen LogP contribution in [-0.2, 0) is 34.4 Å². The highest BCUT2D eigenvalue weighted by Gasteiger charge is 2.46. The molecule has 2 saturated heterocycles. The molecule has 0 aliphatic carbocycles. The van der Waals surface area contributed by atoms with Crippen molar-refractivity contribution in [2.45, 2.75) is 165 Å². The first-order valence-corrected chi connectivity index (χ1v) is 25.5. The van der Waals surface area contributed by atoms with Crippen LogP contribution in [0.2, 0.25) is 36.3 Å². The fraction of sp³-hybridized carbons (Fsp3) is 0.838. The molecule has 6 nitrogen and oxygen atoms in total. The van der Waals surface area contributed by atoms with E-state index >= 15 is 0 Å². The van der Waals surface area contributed by atoms with Gasteiger partial charge in [-0.2, -0.15) is 0 Å². The van der Waals surface area contributed by atoms with Crippen LogP contribution in [0, 0.1) is 0 Å². The maximum atomic E-state index is 7.41. The zero-order chi connectivity index (χ0) is 35.2. The summed E-state index contributed by atoms with van der Waals surface area (Å²) in [4.78, 5) is 0. The van der Waals surface area contributed by atoms with E-state index in [0.717, 1.165) is 37.2 Å². The second-order valence-electron chi connectivity index (χ2n) is 17.2. The van der Waals surface area contributed by atoms with Gasteiger partial charge in [-0.15, -0.1) is 23.5 Å². The van der Waals surface area contributed by atoms with Gasteiger partial charge in [0, 0.05) is 19.6 Å². The second-order valence-corrected chi connectivity index (χ2v) is 29.9. The summed E-state index contributed by atoms with van der Waals surface area (Å²) in [5.41, 5.74) is 1.19. The first-order valence-electron chi connectivity index (χ1n) is 17.8. The Hall–Kier alpha value is 0.114. The van der Waals surface area contributed by atoms with E-state index in [1.807, 2.05) is 21.0 Å². The predicted molar refractivity (Wildman–Crippen MR) is 207 cm³/mol. The Labute approximate surface area is 299 Å². The first-order chi connectivity index (χ1) is 21.7. The van der Waals surface area contributed by atoms with Crippen LogP contribution in [0.3, 0.4) is 0 Å². The molecule has 1 aromatic rings. The smallest absolute Gasteiger partial charge is 0.192 e. The molecule has 272 valence electrons. The molecule has 0 saturated carbocycles. The van der Waals surface area contributed by atoms with Gasteiger partial charge in [-0.05, 0) is 92.9 Å². The van der Waals surface area contributed by atoms with Gasteiger partial charge >= 0.3 is 0 Å². The molecule has 2 fully saturated rings. The third kappa shape index (κ3) is 13.0. The number of rotatable bonds is 17. The van der Waals surface area contributed by atoms with Crippen molar-refractivity contribution >= 4 is 40.2 Å². The molecule has 0 N–H and O–H groups in total. The van der Waals surface area contributed by atoms with Crippen LogP contribution in [0.25, 0.3) is 0 Å². The SMILES string of the molecule is CO[C@@H](C[C@H]1COC(C)(C)O1)CC1(C[C@H](C[C@H](COCc2ccccc2)O[Si](C)(C)C(C)(C)C)O[Si](C)(C)C(C)(C)C)SCCCS1. The number of methoxy groups -OCH3 is 1. The summed E-state index contributed by atoms with van der Waals surface area (Å²) in [5, 5.41) is 0.204. The summed E-state index contributed by atoms with van der Waals surface area (Å²) in [7, 11) is -2.32. The van der Waals surface area contributed by atoms with Gasteiger partial charge in [-0.3, -0.25) is 0 Å². The van der Waals surface area contributed by atoms with E-state index in [9.17, 15) is 0 Å². The van der Waals surface area contributed by atoms with Crippen molar-refractivity contribution in [2.24, 2.45) is 0 Å². The van der Waals surface area contributed by atoms with E-state index in [4.69, 9.17) is 27.8 Å². The highest BCUT2D eigenvalue weighted by atomic mass is 32.2. The monoisotopic (exact) mass is 728 g/mol. The third-order valence-corrected chi connectivity index (χ3v) is 23.0. The molecule has 2 aliphatic rings. The summed E-state index contributed by atoms with van der Waals surface area (Å²) in [6, 6.07) is 10.5. The Balaban J connectivity index is 1.89. The summed E-state index contributed by atoms with van der Waals surface area (Å²) in [5.74, 6) is 1.80. The lowest BCUT2D eigenvalue weighted by Crippen LogP contribution is -2.49. The van der Waals surface area contributed by atoms with Crippen molar-refractivity contribution in [2.75, 3.05) is 31.8 Å². The first kappa shape index (κ1) is 41.5. The number of hydrogen-bond donors (Lipinski definition) is 0. The fourth-order valence-electron chi connectivity index (χ4n) is 5.75. The molecule has 0 radical (unpaired) electrons. The van der Waals surface area contributed by atoms with Crippen LogP contribution >= 0.6 is 23.5 Å². The number of benzene rings is 1. The largest absolute Gasteiger partial charge is 0.414 e. The van der Waals surface area contributed by atoms with Crippen LogP contribution in [-0.4, -0.2) is 82.7 Å². The average molecular weight is 729 g/mol. The Bertz CT molecular complexity index is 1070. The predicted octanol–water partition coefficient (Wildman–Crippen LogP) is 10.3. The maximum absolute atomic E-state index is 7.41. The molecule has 0 aromatic heterocycles. The van der Waals surface area contributed by atoms with E-state index in [-0.39, 0.29) is 38.6 Å². The van der Waals surface area contributed by atoms with Gasteiger partial charge < -0.3 is 27.8 Å². The van der Waals surface area contributed by atoms with Crippen molar-refractivity contribution in [3.8, 4) is 0 Å². The number of thioether (sulfide) groups is 2. The van der Waals surface area contributed by atoms with E-state index < -0.39 is 22.4 Å². The number of hydrogen-bond acceptors (Lipinski definition) is 8. The van der Waals surface area contributed by atoms with Crippen molar-refractivity contribution in [1.29, 1.82) is 0 Å². The van der Waals surface area contributed by atoms with Crippen molar-refractivity contribution in [3.05, 3.63) is 35.9 Å². The van der Waals surface area contributed by atoms with E-state index in [1.54, 1.807) is 0 Å². The Morgan fingerprint density at radius 3 is 1.91 bits per heavy atom. The normalized spacial score (nSPS) is 22.6. The lowest BCUT2D eigenvalue weighted by molar-refractivity contribution is -0.142. The van der Waals surface area contributed by atoms with Crippen LogP contribution in [0.4, 0.5) is 0 Å². The topological polar surface area (TPSA) is 55.4 Å². The van der Waals surface area contributed by atoms with Crippen molar-refractivity contribution < 1.29 is 27.8 Å². The molecule has 4 atom stereocenters. The highest BCUT2D eigenvalue weighted by molar-refractivity contribution is 8.18. The standard InChI is InChI=1S/C37H68O6S2Si2/c1-34(2,3)46(10,11)42-31(23-33(43-47(12,13)35(4,5)6)27-39-26-29-18-15-14-16-19-29)25-37(44-20-17-21-45-37)24-30(38-9)22-32-28-40-36(7,8)41-32/h14-16,18-19,30-33H,17,20-28H2,1-13H3/t30-,31-,32-,33+/m0/s1. The molecular formula is C37H68O6S2Si2. The molecule has 2 aliphatic heterocycles. The van der Waals surface area contributed by atoms with Gasteiger partial charge in [0.1, 0.15) is 0 Å². The molecule has 0 unspecified atom stereocenters. The van der Waals surface area contributed by atoms with Crippen LogP contribution < -0.4 is 0 Å². The molecule has 47 heavy (non-hydrogen) atoms. The Kier molecular flexibility index (Phi) is 15.1. The van der Waals surface area contributed by atoms with Crippen molar-refractivity contribution in [1.82, 2.24) is 0 Å². The van der Waals surface area contributed by atoms with Gasteiger partial charge in [0.05, 0.1) is 42.2 Å². The van der Waals surface area contributed by atoms with E-state index in [1.165, 1.54) is 12.0 Å². The molecule has 0 bridgehead atoms. The zero-order valence-corrected chi connectivity index (χ0v) is 35.7. The molecule has 1 aromatic carbocycles. The zero-order valence-electron chi connectivity index (χ0n) is 32.0. The van der Waals surface area contributed by atoms with Crippen LogP contribution in [0.1, 0.15) is 93.1 Å². The summed E-state index contributed by atoms with van der Waals surface area (Å²) in [6.45, 7) is 29.2. The van der Waals surface area contributed by atoms with Gasteiger partial charge in [0.15, 0.2) is 22.4 Å². The van der Waals surface area contributed by atoms with Gasteiger partial charge in [-0.25, -0.2) is 0 Å². The lowest BCUT2D eigenvalue weighted by Gasteiger charge is -2.46. The quantitative estimate of drug-likeness (QED) is 0.147. The Morgan fingerprint density at radius 2 is 1.40 bits per heavy atom. The number of ether oxygens (including phenoxy) is 4. The van der Waals surface area contributed by atoms with E-state index in [2.05, 4.69) is 122 Å². The summed E-state index contributed by atoms with van der Waals surface area (Å²) < 4.78 is 39.3. The molecule has 3 rings (SSSR count). The van der Waals surface area contributed by atoms with Crippen LogP contribution in [0.15, 0.2) is 30.3 Å². The molecule has 0 spiro atoms. The van der Waals surface area contributed by atoms with Crippen LogP contribution in [0.5, 0.6) is 0 Å². The molecule has 2 heterocycles. The highest BCUT2D eigenvalue weighted by Crippen LogP contribution is 2.51. The summed E-state index contributed by atoms with van der Waals surface area (Å²) in [6.07, 6.45) is 4.93. The molecular weight excluding hydrogens is 661 g/mol. The maximum Gasteiger partial charge on any atom is 0.192 e. The van der Waals surface area contributed by atoms with E-state index in [0.29, 0.717) is 19.8 Å². The van der Waals surface area contributed by atoms with Gasteiger partial charge in [-0.1, -0.05) is 71.9 Å². The summed E-state index contributed by atoms with van der Waals surface area (Å²) >= 11 is 4.23. The van der Waals surface area contributed by atoms with Gasteiger partial charge in [0.2, 0.25) is 0 Å². The molecule has 10 heteroatoms. The van der Waals surface area contributed by atoms with Crippen molar-refractivity contribution in [3.63, 3.8) is 0 Å². The molecule has 0 amide bonds. The third-order valence-electron chi connectivity index (χ3n) is 10.5. The minimum absolute atomic E-state index is 0.00659. The average Bonchev–Trinajstić information content (AvgIpc) is 3.29. The van der Waals surface area contributed by atoms with Gasteiger partial charge in [0.25, 0.3) is 0 Å². The Morgan fingerprint density at radius 1 is 0.851 bits per heavy atom. The fourth-order valence-corrected chi connectivity index (χ4v) is 12.0. The minimum atomic E-state index is -2.10. The minimum Gasteiger partial charge on any atom is -0.414 e. The second kappa shape index (κ2) is 17.1. The lowest BCUT2D eigenvalue weighted by atomic mass is 10.00.